The molecule has 0 aromatic heterocycles. The van der Waals surface area contributed by atoms with E-state index in [9.17, 15) is 4.79 Å². The summed E-state index contributed by atoms with van der Waals surface area (Å²) in [6.07, 6.45) is 2.33. The second-order valence-electron chi connectivity index (χ2n) is 5.86. The van der Waals surface area contributed by atoms with Crippen LogP contribution in [0.5, 0.6) is 0 Å². The van der Waals surface area contributed by atoms with Crippen molar-refractivity contribution in [3.63, 3.8) is 0 Å². The van der Waals surface area contributed by atoms with Gasteiger partial charge in [-0.2, -0.15) is 0 Å². The summed E-state index contributed by atoms with van der Waals surface area (Å²) in [6, 6.07) is 0.218. The normalized spacial score (nSPS) is 22.0. The molecule has 110 valence electrons. The molecule has 1 rings (SSSR count). The van der Waals surface area contributed by atoms with Gasteiger partial charge in [-0.25, -0.2) is 0 Å². The van der Waals surface area contributed by atoms with Crippen LogP contribution in [0.4, 0.5) is 0 Å². The zero-order valence-corrected chi connectivity index (χ0v) is 12.7. The predicted octanol–water partition coefficient (Wildman–Crippen LogP) is 1.47. The quantitative estimate of drug-likeness (QED) is 0.741. The van der Waals surface area contributed by atoms with Gasteiger partial charge in [-0.15, -0.1) is 0 Å². The van der Waals surface area contributed by atoms with Crippen LogP contribution in [0.2, 0.25) is 0 Å². The Kier molecular flexibility index (Phi) is 6.52. The van der Waals surface area contributed by atoms with Gasteiger partial charge in [0.25, 0.3) is 0 Å². The van der Waals surface area contributed by atoms with Crippen LogP contribution < -0.4 is 5.73 Å². The minimum atomic E-state index is 0.204. The molecule has 19 heavy (non-hydrogen) atoms. The molecule has 0 aromatic rings. The van der Waals surface area contributed by atoms with Crippen molar-refractivity contribution in [1.29, 1.82) is 0 Å². The first-order valence-electron chi connectivity index (χ1n) is 7.34. The predicted molar refractivity (Wildman–Crippen MR) is 79.9 cm³/mol. The molecule has 1 aliphatic rings. The maximum absolute atomic E-state index is 12.3. The summed E-state index contributed by atoms with van der Waals surface area (Å²) in [5.41, 5.74) is 7.01. The van der Waals surface area contributed by atoms with Crippen LogP contribution in [0.15, 0.2) is 12.2 Å². The van der Waals surface area contributed by atoms with Gasteiger partial charge in [0.05, 0.1) is 6.54 Å². The smallest absolute Gasteiger partial charge is 0.237 e. The maximum Gasteiger partial charge on any atom is 0.237 e. The van der Waals surface area contributed by atoms with Crippen molar-refractivity contribution >= 4 is 5.91 Å². The van der Waals surface area contributed by atoms with E-state index >= 15 is 0 Å². The van der Waals surface area contributed by atoms with E-state index in [4.69, 9.17) is 5.73 Å². The van der Waals surface area contributed by atoms with Crippen LogP contribution >= 0.6 is 0 Å². The zero-order chi connectivity index (χ0) is 14.4. The van der Waals surface area contributed by atoms with Crippen LogP contribution in [0, 0.1) is 5.92 Å². The fourth-order valence-corrected chi connectivity index (χ4v) is 2.66. The molecule has 1 heterocycles. The van der Waals surface area contributed by atoms with E-state index in [2.05, 4.69) is 18.4 Å². The Morgan fingerprint density at radius 3 is 2.79 bits per heavy atom. The Hall–Kier alpha value is -0.870. The Balaban J connectivity index is 2.48. The summed E-state index contributed by atoms with van der Waals surface area (Å²) in [5.74, 6) is 0.730. The zero-order valence-electron chi connectivity index (χ0n) is 12.7. The van der Waals surface area contributed by atoms with Crippen molar-refractivity contribution in [3.05, 3.63) is 12.2 Å². The SMILES string of the molecule is C=C(C)CN(CC)C(=O)CN1CCCC(C(C)N)C1. The van der Waals surface area contributed by atoms with Gasteiger partial charge >= 0.3 is 0 Å². The summed E-state index contributed by atoms with van der Waals surface area (Å²) < 4.78 is 0. The molecule has 0 radical (unpaired) electrons. The van der Waals surface area contributed by atoms with E-state index in [0.29, 0.717) is 19.0 Å². The molecule has 0 saturated carbocycles. The van der Waals surface area contributed by atoms with E-state index in [-0.39, 0.29) is 11.9 Å². The number of piperidine rings is 1. The van der Waals surface area contributed by atoms with Crippen LogP contribution in [0.25, 0.3) is 0 Å². The van der Waals surface area contributed by atoms with Crippen LogP contribution in [-0.4, -0.2) is 54.5 Å². The lowest BCUT2D eigenvalue weighted by molar-refractivity contribution is -0.132. The van der Waals surface area contributed by atoms with Gasteiger partial charge < -0.3 is 10.6 Å². The number of nitrogens with two attached hydrogens (primary N) is 1. The molecule has 0 aliphatic carbocycles. The number of rotatable bonds is 6. The molecule has 1 aliphatic heterocycles. The number of likely N-dealkylation sites (N-methyl/N-ethyl adjacent to an activating group) is 1. The van der Waals surface area contributed by atoms with Crippen LogP contribution in [0.1, 0.15) is 33.6 Å². The standard InChI is InChI=1S/C15H29N3O/c1-5-18(9-12(2)3)15(19)11-17-8-6-7-14(10-17)13(4)16/h13-14H,2,5-11,16H2,1,3-4H3. The summed E-state index contributed by atoms with van der Waals surface area (Å²) >= 11 is 0. The fraction of sp³-hybridized carbons (Fsp3) is 0.800. The minimum absolute atomic E-state index is 0.204. The summed E-state index contributed by atoms with van der Waals surface area (Å²) in [6.45, 7) is 13.8. The molecule has 0 aromatic carbocycles. The van der Waals surface area contributed by atoms with E-state index in [1.54, 1.807) is 0 Å². The second-order valence-corrected chi connectivity index (χ2v) is 5.86. The van der Waals surface area contributed by atoms with Gasteiger partial charge in [-0.05, 0) is 46.1 Å². The molecule has 0 spiro atoms. The van der Waals surface area contributed by atoms with Crippen molar-refractivity contribution in [2.45, 2.75) is 39.7 Å². The van der Waals surface area contributed by atoms with E-state index in [1.165, 1.54) is 6.42 Å². The number of hydrogen-bond donors (Lipinski definition) is 1. The molecule has 4 nitrogen and oxygen atoms in total. The maximum atomic E-state index is 12.3. The Morgan fingerprint density at radius 2 is 2.26 bits per heavy atom. The lowest BCUT2D eigenvalue weighted by Crippen LogP contribution is -2.47. The highest BCUT2D eigenvalue weighted by Crippen LogP contribution is 2.18. The number of carbonyl (C=O) groups excluding carboxylic acids is 1. The molecular weight excluding hydrogens is 238 g/mol. The Morgan fingerprint density at radius 1 is 1.58 bits per heavy atom. The van der Waals surface area contributed by atoms with Gasteiger partial charge in [0.15, 0.2) is 0 Å². The number of likely N-dealkylation sites (tertiary alicyclic amines) is 1. The molecule has 0 bridgehead atoms. The number of nitrogens with zero attached hydrogens (tertiary/aromatic N) is 2. The van der Waals surface area contributed by atoms with Crippen LogP contribution in [0.3, 0.4) is 0 Å². The first-order valence-corrected chi connectivity index (χ1v) is 7.34. The van der Waals surface area contributed by atoms with Gasteiger partial charge in [-0.3, -0.25) is 9.69 Å². The molecule has 2 atom stereocenters. The van der Waals surface area contributed by atoms with Gasteiger partial charge in [0, 0.05) is 25.7 Å². The number of carbonyl (C=O) groups is 1. The molecule has 1 fully saturated rings. The molecule has 2 N–H and O–H groups in total. The average molecular weight is 267 g/mol. The fourth-order valence-electron chi connectivity index (χ4n) is 2.66. The first kappa shape index (κ1) is 16.2. The second kappa shape index (κ2) is 7.65. The third-order valence-corrected chi connectivity index (χ3v) is 3.84. The Bertz CT molecular complexity index is 315. The summed E-state index contributed by atoms with van der Waals surface area (Å²) in [4.78, 5) is 16.4. The molecule has 1 amide bonds. The Labute approximate surface area is 117 Å². The monoisotopic (exact) mass is 267 g/mol. The third kappa shape index (κ3) is 5.33. The molecule has 1 saturated heterocycles. The average Bonchev–Trinajstić information content (AvgIpc) is 2.35. The van der Waals surface area contributed by atoms with Gasteiger partial charge in [-0.1, -0.05) is 12.2 Å². The van der Waals surface area contributed by atoms with Crippen molar-refractivity contribution in [2.75, 3.05) is 32.7 Å². The lowest BCUT2D eigenvalue weighted by Gasteiger charge is -2.35. The topological polar surface area (TPSA) is 49.6 Å². The van der Waals surface area contributed by atoms with E-state index < -0.39 is 0 Å². The lowest BCUT2D eigenvalue weighted by atomic mass is 9.92. The highest BCUT2D eigenvalue weighted by molar-refractivity contribution is 5.78. The number of hydrogen-bond acceptors (Lipinski definition) is 3. The number of amides is 1. The van der Waals surface area contributed by atoms with Crippen molar-refractivity contribution in [2.24, 2.45) is 11.7 Å². The first-order chi connectivity index (χ1) is 8.93. The van der Waals surface area contributed by atoms with Crippen LogP contribution in [-0.2, 0) is 4.79 Å². The van der Waals surface area contributed by atoms with Crippen molar-refractivity contribution < 1.29 is 4.79 Å². The largest absolute Gasteiger partial charge is 0.338 e. The van der Waals surface area contributed by atoms with Gasteiger partial charge in [0.2, 0.25) is 5.91 Å². The van der Waals surface area contributed by atoms with Crippen molar-refractivity contribution in [3.8, 4) is 0 Å². The van der Waals surface area contributed by atoms with Gasteiger partial charge in [0.1, 0.15) is 0 Å². The highest BCUT2D eigenvalue weighted by Gasteiger charge is 2.25. The van der Waals surface area contributed by atoms with Crippen molar-refractivity contribution in [1.82, 2.24) is 9.80 Å². The van der Waals surface area contributed by atoms with E-state index in [1.807, 2.05) is 18.7 Å². The molecule has 4 heteroatoms. The highest BCUT2D eigenvalue weighted by atomic mass is 16.2. The summed E-state index contributed by atoms with van der Waals surface area (Å²) in [7, 11) is 0. The van der Waals surface area contributed by atoms with E-state index in [0.717, 1.165) is 31.6 Å². The minimum Gasteiger partial charge on any atom is -0.338 e. The molecular formula is C15H29N3O. The molecule has 2 unspecified atom stereocenters. The third-order valence-electron chi connectivity index (χ3n) is 3.84. The summed E-state index contributed by atoms with van der Waals surface area (Å²) in [5, 5.41) is 0.